The van der Waals surface area contributed by atoms with Crippen LogP contribution in [0.5, 0.6) is 0 Å². The lowest BCUT2D eigenvalue weighted by Gasteiger charge is -2.35. The first-order chi connectivity index (χ1) is 8.02. The molecule has 1 saturated carbocycles. The van der Waals surface area contributed by atoms with Gasteiger partial charge in [0.15, 0.2) is 0 Å². The van der Waals surface area contributed by atoms with E-state index in [1.54, 1.807) is 0 Å². The second-order valence-corrected chi connectivity index (χ2v) is 5.50. The van der Waals surface area contributed by atoms with Gasteiger partial charge in [0.1, 0.15) is 0 Å². The van der Waals surface area contributed by atoms with Gasteiger partial charge in [-0.15, -0.1) is 12.4 Å². The maximum absolute atomic E-state index is 12.4. The zero-order valence-electron chi connectivity index (χ0n) is 12.2. The molecule has 1 fully saturated rings. The molecule has 2 N–H and O–H groups in total. The molecule has 1 aliphatic carbocycles. The third kappa shape index (κ3) is 4.43. The Labute approximate surface area is 118 Å². The van der Waals surface area contributed by atoms with Crippen LogP contribution < -0.4 is 5.73 Å². The van der Waals surface area contributed by atoms with E-state index < -0.39 is 0 Å². The summed E-state index contributed by atoms with van der Waals surface area (Å²) in [6.45, 7) is 8.65. The van der Waals surface area contributed by atoms with Crippen LogP contribution in [0.15, 0.2) is 0 Å². The number of amides is 1. The van der Waals surface area contributed by atoms with Gasteiger partial charge < -0.3 is 10.6 Å². The van der Waals surface area contributed by atoms with Crippen LogP contribution in [0.4, 0.5) is 0 Å². The van der Waals surface area contributed by atoms with Gasteiger partial charge in [0, 0.05) is 12.1 Å². The molecule has 0 spiro atoms. The van der Waals surface area contributed by atoms with Gasteiger partial charge in [0.25, 0.3) is 0 Å². The Balaban J connectivity index is 0.00000289. The number of hydrogen-bond acceptors (Lipinski definition) is 2. The summed E-state index contributed by atoms with van der Waals surface area (Å²) in [5.74, 6) is 0.718. The number of hydrogen-bond donors (Lipinski definition) is 1. The van der Waals surface area contributed by atoms with Crippen LogP contribution in [0.3, 0.4) is 0 Å². The third-order valence-corrected chi connectivity index (χ3v) is 4.02. The molecule has 4 heteroatoms. The highest BCUT2D eigenvalue weighted by atomic mass is 35.5. The zero-order chi connectivity index (χ0) is 13.0. The highest BCUT2D eigenvalue weighted by Gasteiger charge is 2.38. The highest BCUT2D eigenvalue weighted by Crippen LogP contribution is 2.32. The van der Waals surface area contributed by atoms with Gasteiger partial charge >= 0.3 is 0 Å². The van der Waals surface area contributed by atoms with Crippen molar-refractivity contribution >= 4 is 18.3 Å². The first kappa shape index (κ1) is 17.7. The van der Waals surface area contributed by atoms with Crippen molar-refractivity contribution in [1.29, 1.82) is 0 Å². The lowest BCUT2D eigenvalue weighted by atomic mass is 9.98. The van der Waals surface area contributed by atoms with E-state index in [4.69, 9.17) is 5.73 Å². The topological polar surface area (TPSA) is 46.3 Å². The lowest BCUT2D eigenvalue weighted by Crippen LogP contribution is -2.50. The monoisotopic (exact) mass is 276 g/mol. The number of halogens is 1. The summed E-state index contributed by atoms with van der Waals surface area (Å²) in [6, 6.07) is 0.490. The second kappa shape index (κ2) is 8.00. The molecule has 0 aromatic rings. The van der Waals surface area contributed by atoms with Crippen LogP contribution in [0.1, 0.15) is 59.8 Å². The minimum Gasteiger partial charge on any atom is -0.335 e. The normalized spacial score (nSPS) is 19.6. The highest BCUT2D eigenvalue weighted by molar-refractivity contribution is 5.85. The Morgan fingerprint density at radius 3 is 2.28 bits per heavy atom. The van der Waals surface area contributed by atoms with E-state index in [1.807, 2.05) is 0 Å². The Morgan fingerprint density at radius 2 is 1.89 bits per heavy atom. The van der Waals surface area contributed by atoms with E-state index in [-0.39, 0.29) is 24.4 Å². The molecule has 0 bridgehead atoms. The summed E-state index contributed by atoms with van der Waals surface area (Å²) in [6.07, 6.45) is 5.20. The van der Waals surface area contributed by atoms with Crippen molar-refractivity contribution in [2.75, 3.05) is 0 Å². The average molecular weight is 277 g/mol. The molecule has 3 unspecified atom stereocenters. The molecule has 108 valence electrons. The van der Waals surface area contributed by atoms with E-state index in [9.17, 15) is 4.79 Å². The van der Waals surface area contributed by atoms with Gasteiger partial charge in [-0.3, -0.25) is 4.79 Å². The van der Waals surface area contributed by atoms with Gasteiger partial charge in [-0.2, -0.15) is 0 Å². The number of nitrogens with two attached hydrogens (primary N) is 1. The molecule has 1 amide bonds. The van der Waals surface area contributed by atoms with Crippen LogP contribution in [0.25, 0.3) is 0 Å². The Bertz CT molecular complexity index is 256. The molecular weight excluding hydrogens is 248 g/mol. The quantitative estimate of drug-likeness (QED) is 0.777. The molecule has 0 radical (unpaired) electrons. The fraction of sp³-hybridized carbons (Fsp3) is 0.929. The van der Waals surface area contributed by atoms with E-state index in [1.165, 1.54) is 0 Å². The lowest BCUT2D eigenvalue weighted by molar-refractivity contribution is -0.136. The van der Waals surface area contributed by atoms with Crippen molar-refractivity contribution in [2.24, 2.45) is 11.7 Å². The van der Waals surface area contributed by atoms with Crippen molar-refractivity contribution in [3.63, 3.8) is 0 Å². The first-order valence-electron chi connectivity index (χ1n) is 7.10. The number of nitrogens with zero attached hydrogens (tertiary/aromatic N) is 1. The summed E-state index contributed by atoms with van der Waals surface area (Å²) < 4.78 is 0. The standard InChI is InChI=1S/C14H28N2O.ClH/c1-5-7-13(15)14(17)16(12-8-9-12)11(4)10(3)6-2;/h10-13H,5-9,15H2,1-4H3;1H. The molecular formula is C14H29ClN2O. The van der Waals surface area contributed by atoms with Crippen molar-refractivity contribution in [2.45, 2.75) is 77.9 Å². The molecule has 1 rings (SSSR count). The van der Waals surface area contributed by atoms with Crippen LogP contribution in [-0.4, -0.2) is 28.9 Å². The van der Waals surface area contributed by atoms with Crippen molar-refractivity contribution < 1.29 is 4.79 Å². The van der Waals surface area contributed by atoms with Crippen LogP contribution >= 0.6 is 12.4 Å². The molecule has 18 heavy (non-hydrogen) atoms. The summed E-state index contributed by atoms with van der Waals surface area (Å²) in [5, 5.41) is 0. The predicted octanol–water partition coefficient (Wildman–Crippen LogP) is 2.96. The maximum atomic E-state index is 12.4. The Kier molecular flexibility index (Phi) is 7.88. The van der Waals surface area contributed by atoms with Crippen LogP contribution in [0.2, 0.25) is 0 Å². The summed E-state index contributed by atoms with van der Waals surface area (Å²) >= 11 is 0. The van der Waals surface area contributed by atoms with Crippen LogP contribution in [0, 0.1) is 5.92 Å². The zero-order valence-corrected chi connectivity index (χ0v) is 13.0. The SMILES string of the molecule is CCCC(N)C(=O)N(C1CC1)C(C)C(C)CC.Cl. The van der Waals surface area contributed by atoms with Gasteiger partial charge in [0.2, 0.25) is 5.91 Å². The van der Waals surface area contributed by atoms with Gasteiger partial charge in [0.05, 0.1) is 6.04 Å². The second-order valence-electron chi connectivity index (χ2n) is 5.50. The maximum Gasteiger partial charge on any atom is 0.239 e. The molecule has 0 heterocycles. The predicted molar refractivity (Wildman–Crippen MR) is 78.9 cm³/mol. The number of rotatable bonds is 7. The Hall–Kier alpha value is -0.280. The molecule has 0 saturated heterocycles. The third-order valence-electron chi connectivity index (χ3n) is 4.02. The minimum atomic E-state index is -0.299. The Morgan fingerprint density at radius 1 is 1.33 bits per heavy atom. The number of carbonyl (C=O) groups is 1. The summed E-state index contributed by atoms with van der Waals surface area (Å²) in [4.78, 5) is 14.5. The van der Waals surface area contributed by atoms with Crippen molar-refractivity contribution in [3.05, 3.63) is 0 Å². The molecule has 0 aromatic carbocycles. The fourth-order valence-electron chi connectivity index (χ4n) is 2.31. The van der Waals surface area contributed by atoms with Gasteiger partial charge in [-0.1, -0.05) is 33.6 Å². The molecule has 0 aromatic heterocycles. The molecule has 1 aliphatic rings. The smallest absolute Gasteiger partial charge is 0.239 e. The van der Waals surface area contributed by atoms with E-state index in [0.717, 1.165) is 32.1 Å². The fourth-order valence-corrected chi connectivity index (χ4v) is 2.31. The molecule has 0 aliphatic heterocycles. The van der Waals surface area contributed by atoms with E-state index in [0.29, 0.717) is 18.0 Å². The van der Waals surface area contributed by atoms with E-state index >= 15 is 0 Å². The van der Waals surface area contributed by atoms with Crippen LogP contribution in [-0.2, 0) is 4.79 Å². The first-order valence-corrected chi connectivity index (χ1v) is 7.10. The molecule has 3 nitrogen and oxygen atoms in total. The van der Waals surface area contributed by atoms with E-state index in [2.05, 4.69) is 32.6 Å². The van der Waals surface area contributed by atoms with Crippen molar-refractivity contribution in [3.8, 4) is 0 Å². The molecule has 3 atom stereocenters. The van der Waals surface area contributed by atoms with Gasteiger partial charge in [-0.25, -0.2) is 0 Å². The number of carbonyl (C=O) groups excluding carboxylic acids is 1. The van der Waals surface area contributed by atoms with Gasteiger partial charge in [-0.05, 0) is 32.1 Å². The summed E-state index contributed by atoms with van der Waals surface area (Å²) in [5.41, 5.74) is 5.98. The summed E-state index contributed by atoms with van der Waals surface area (Å²) in [7, 11) is 0. The minimum absolute atomic E-state index is 0. The van der Waals surface area contributed by atoms with Crippen molar-refractivity contribution in [1.82, 2.24) is 4.90 Å². The largest absolute Gasteiger partial charge is 0.335 e. The average Bonchev–Trinajstić information content (AvgIpc) is 3.12.